The summed E-state index contributed by atoms with van der Waals surface area (Å²) < 4.78 is 0. The highest BCUT2D eigenvalue weighted by Crippen LogP contribution is 2.31. The number of carbonyl (C=O) groups is 1. The zero-order valence-electron chi connectivity index (χ0n) is 9.60. The molecule has 1 aromatic rings. The van der Waals surface area contributed by atoms with Crippen LogP contribution < -0.4 is 4.90 Å². The van der Waals surface area contributed by atoms with Gasteiger partial charge in [-0.2, -0.15) is 0 Å². The number of carboxylic acids is 1. The first-order valence-corrected chi connectivity index (χ1v) is 5.50. The molecule has 1 N–H and O–H groups in total. The van der Waals surface area contributed by atoms with Crippen LogP contribution in [0.5, 0.6) is 0 Å². The van der Waals surface area contributed by atoms with Crippen molar-refractivity contribution in [3.8, 4) is 0 Å². The van der Waals surface area contributed by atoms with Crippen molar-refractivity contribution < 1.29 is 9.90 Å². The Hall–Kier alpha value is -1.58. The van der Waals surface area contributed by atoms with Gasteiger partial charge >= 0.3 is 5.97 Å². The van der Waals surface area contributed by atoms with E-state index < -0.39 is 5.97 Å². The zero-order valence-corrected chi connectivity index (χ0v) is 9.60. The van der Waals surface area contributed by atoms with Crippen molar-refractivity contribution in [2.24, 2.45) is 5.92 Å². The molecule has 0 saturated heterocycles. The molecule has 1 aromatic heterocycles. The molecular formula is C12H16N2O2. The van der Waals surface area contributed by atoms with Crippen LogP contribution in [0.25, 0.3) is 0 Å². The van der Waals surface area contributed by atoms with Crippen LogP contribution >= 0.6 is 0 Å². The van der Waals surface area contributed by atoms with Crippen LogP contribution in [0, 0.1) is 12.8 Å². The van der Waals surface area contributed by atoms with Crippen LogP contribution in [0.3, 0.4) is 0 Å². The molecule has 4 nitrogen and oxygen atoms in total. The number of anilines is 1. The summed E-state index contributed by atoms with van der Waals surface area (Å²) in [7, 11) is 1.91. The normalized spacial score (nSPS) is 14.9. The molecule has 0 unspecified atom stereocenters. The Balaban J connectivity index is 2.27. The summed E-state index contributed by atoms with van der Waals surface area (Å²) in [5.41, 5.74) is 1.14. The van der Waals surface area contributed by atoms with Crippen LogP contribution in [0.1, 0.15) is 28.9 Å². The SMILES string of the molecule is Cc1ccc(C(=O)O)c(N(C)CC2CC2)n1. The van der Waals surface area contributed by atoms with Crippen LogP contribution in [-0.2, 0) is 0 Å². The number of hydrogen-bond acceptors (Lipinski definition) is 3. The van der Waals surface area contributed by atoms with E-state index in [1.54, 1.807) is 12.1 Å². The van der Waals surface area contributed by atoms with Gasteiger partial charge in [0.15, 0.2) is 0 Å². The molecule has 0 spiro atoms. The lowest BCUT2D eigenvalue weighted by atomic mass is 10.2. The van der Waals surface area contributed by atoms with Crippen LogP contribution in [0.4, 0.5) is 5.82 Å². The van der Waals surface area contributed by atoms with Gasteiger partial charge < -0.3 is 10.0 Å². The maximum atomic E-state index is 11.1. The molecule has 2 rings (SSSR count). The second-order valence-electron chi connectivity index (χ2n) is 4.45. The molecule has 0 bridgehead atoms. The van der Waals surface area contributed by atoms with Gasteiger partial charge in [-0.05, 0) is 37.8 Å². The first-order chi connectivity index (χ1) is 7.58. The van der Waals surface area contributed by atoms with Crippen molar-refractivity contribution in [1.29, 1.82) is 0 Å². The van der Waals surface area contributed by atoms with E-state index in [0.29, 0.717) is 11.7 Å². The fourth-order valence-corrected chi connectivity index (χ4v) is 1.78. The number of nitrogens with zero attached hydrogens (tertiary/aromatic N) is 2. The first kappa shape index (κ1) is 10.9. The van der Waals surface area contributed by atoms with Gasteiger partial charge in [0.1, 0.15) is 11.4 Å². The van der Waals surface area contributed by atoms with Crippen molar-refractivity contribution in [1.82, 2.24) is 4.98 Å². The van der Waals surface area contributed by atoms with Crippen molar-refractivity contribution in [2.45, 2.75) is 19.8 Å². The summed E-state index contributed by atoms with van der Waals surface area (Å²) in [6, 6.07) is 3.36. The average molecular weight is 220 g/mol. The summed E-state index contributed by atoms with van der Waals surface area (Å²) in [5.74, 6) is 0.388. The van der Waals surface area contributed by atoms with E-state index in [2.05, 4.69) is 4.98 Å². The smallest absolute Gasteiger partial charge is 0.339 e. The quantitative estimate of drug-likeness (QED) is 0.842. The monoisotopic (exact) mass is 220 g/mol. The van der Waals surface area contributed by atoms with Gasteiger partial charge in [0, 0.05) is 19.3 Å². The highest BCUT2D eigenvalue weighted by molar-refractivity contribution is 5.93. The van der Waals surface area contributed by atoms with E-state index in [0.717, 1.165) is 12.2 Å². The predicted molar refractivity (Wildman–Crippen MR) is 61.9 cm³/mol. The third-order valence-electron chi connectivity index (χ3n) is 2.84. The van der Waals surface area contributed by atoms with Gasteiger partial charge in [-0.3, -0.25) is 0 Å². The average Bonchev–Trinajstić information content (AvgIpc) is 3.01. The molecule has 86 valence electrons. The maximum absolute atomic E-state index is 11.1. The number of carboxylic acid groups (broad SMARTS) is 1. The van der Waals surface area contributed by atoms with Crippen LogP contribution in [0.2, 0.25) is 0 Å². The molecular weight excluding hydrogens is 204 g/mol. The largest absolute Gasteiger partial charge is 0.478 e. The number of aromatic nitrogens is 1. The van der Waals surface area contributed by atoms with E-state index >= 15 is 0 Å². The molecule has 1 heterocycles. The summed E-state index contributed by atoms with van der Waals surface area (Å²) in [6.45, 7) is 2.77. The molecule has 1 aliphatic carbocycles. The maximum Gasteiger partial charge on any atom is 0.339 e. The molecule has 1 fully saturated rings. The zero-order chi connectivity index (χ0) is 11.7. The van der Waals surface area contributed by atoms with Gasteiger partial charge in [0.2, 0.25) is 0 Å². The Labute approximate surface area is 94.9 Å². The number of hydrogen-bond donors (Lipinski definition) is 1. The van der Waals surface area contributed by atoms with E-state index in [4.69, 9.17) is 5.11 Å². The highest BCUT2D eigenvalue weighted by Gasteiger charge is 2.25. The summed E-state index contributed by atoms with van der Waals surface area (Å²) in [6.07, 6.45) is 2.50. The molecule has 1 saturated carbocycles. The van der Waals surface area contributed by atoms with E-state index in [1.165, 1.54) is 12.8 Å². The van der Waals surface area contributed by atoms with E-state index in [-0.39, 0.29) is 5.56 Å². The molecule has 0 radical (unpaired) electrons. The highest BCUT2D eigenvalue weighted by atomic mass is 16.4. The van der Waals surface area contributed by atoms with E-state index in [1.807, 2.05) is 18.9 Å². The van der Waals surface area contributed by atoms with Crippen molar-refractivity contribution in [2.75, 3.05) is 18.5 Å². The van der Waals surface area contributed by atoms with Crippen molar-refractivity contribution >= 4 is 11.8 Å². The van der Waals surface area contributed by atoms with Gasteiger partial charge in [-0.25, -0.2) is 9.78 Å². The number of aryl methyl sites for hydroxylation is 1. The number of aromatic carboxylic acids is 1. The Bertz CT molecular complexity index is 413. The molecule has 16 heavy (non-hydrogen) atoms. The summed E-state index contributed by atoms with van der Waals surface area (Å²) in [4.78, 5) is 17.3. The fraction of sp³-hybridized carbons (Fsp3) is 0.500. The van der Waals surface area contributed by atoms with Gasteiger partial charge in [0.25, 0.3) is 0 Å². The van der Waals surface area contributed by atoms with Crippen molar-refractivity contribution in [3.63, 3.8) is 0 Å². The molecule has 1 aliphatic rings. The molecule has 0 amide bonds. The third kappa shape index (κ3) is 2.32. The van der Waals surface area contributed by atoms with Crippen LogP contribution in [-0.4, -0.2) is 29.7 Å². The number of pyridine rings is 1. The minimum absolute atomic E-state index is 0.286. The van der Waals surface area contributed by atoms with Crippen LogP contribution in [0.15, 0.2) is 12.1 Å². The Morgan fingerprint density at radius 3 is 2.81 bits per heavy atom. The molecule has 0 atom stereocenters. The first-order valence-electron chi connectivity index (χ1n) is 5.50. The fourth-order valence-electron chi connectivity index (χ4n) is 1.78. The third-order valence-corrected chi connectivity index (χ3v) is 2.84. The second kappa shape index (κ2) is 4.12. The summed E-state index contributed by atoms with van der Waals surface area (Å²) >= 11 is 0. The lowest BCUT2D eigenvalue weighted by Crippen LogP contribution is -2.24. The summed E-state index contributed by atoms with van der Waals surface area (Å²) in [5, 5.41) is 9.09. The standard InChI is InChI=1S/C12H16N2O2/c1-8-3-6-10(12(15)16)11(13-8)14(2)7-9-4-5-9/h3,6,9H,4-5,7H2,1-2H3,(H,15,16). The Morgan fingerprint density at radius 1 is 1.56 bits per heavy atom. The number of rotatable bonds is 4. The molecule has 0 aliphatic heterocycles. The van der Waals surface area contributed by atoms with E-state index in [9.17, 15) is 4.79 Å². The lowest BCUT2D eigenvalue weighted by Gasteiger charge is -2.20. The second-order valence-corrected chi connectivity index (χ2v) is 4.45. The molecule has 4 heteroatoms. The van der Waals surface area contributed by atoms with Gasteiger partial charge in [-0.1, -0.05) is 0 Å². The Kier molecular flexibility index (Phi) is 2.81. The van der Waals surface area contributed by atoms with Gasteiger partial charge in [-0.15, -0.1) is 0 Å². The van der Waals surface area contributed by atoms with Gasteiger partial charge in [0.05, 0.1) is 0 Å². The van der Waals surface area contributed by atoms with Crippen molar-refractivity contribution in [3.05, 3.63) is 23.4 Å². The predicted octanol–water partition coefficient (Wildman–Crippen LogP) is 1.93. The minimum atomic E-state index is -0.912. The lowest BCUT2D eigenvalue weighted by molar-refractivity contribution is 0.0697. The molecule has 0 aromatic carbocycles. The minimum Gasteiger partial charge on any atom is -0.478 e. The Morgan fingerprint density at radius 2 is 2.25 bits per heavy atom. The topological polar surface area (TPSA) is 53.4 Å².